The van der Waals surface area contributed by atoms with E-state index in [1.165, 1.54) is 17.8 Å². The molecular formula is C12H11FN4S. The van der Waals surface area contributed by atoms with Gasteiger partial charge in [-0.15, -0.1) is 10.2 Å². The van der Waals surface area contributed by atoms with Crippen molar-refractivity contribution in [2.45, 2.75) is 17.3 Å². The molecule has 0 fully saturated rings. The molecule has 18 heavy (non-hydrogen) atoms. The average Bonchev–Trinajstić information content (AvgIpc) is 2.72. The van der Waals surface area contributed by atoms with Crippen LogP contribution in [0.3, 0.4) is 0 Å². The number of nitriles is 1. The second-order valence-electron chi connectivity index (χ2n) is 3.73. The van der Waals surface area contributed by atoms with Gasteiger partial charge in [0.15, 0.2) is 11.0 Å². The van der Waals surface area contributed by atoms with Gasteiger partial charge in [-0.1, -0.05) is 23.9 Å². The summed E-state index contributed by atoms with van der Waals surface area (Å²) in [7, 11) is 1.76. The zero-order valence-electron chi connectivity index (χ0n) is 9.96. The zero-order chi connectivity index (χ0) is 13.1. The minimum atomic E-state index is -0.335. The number of hydrogen-bond donors (Lipinski definition) is 0. The first-order chi connectivity index (χ1) is 8.63. The van der Waals surface area contributed by atoms with Crippen molar-refractivity contribution in [3.8, 4) is 17.5 Å². The summed E-state index contributed by atoms with van der Waals surface area (Å²) >= 11 is 1.30. The Morgan fingerprint density at radius 3 is 2.78 bits per heavy atom. The lowest BCUT2D eigenvalue weighted by Gasteiger charge is -2.05. The molecule has 0 amide bonds. The molecule has 1 aromatic carbocycles. The summed E-state index contributed by atoms with van der Waals surface area (Å²) in [6.45, 7) is 1.78. The van der Waals surface area contributed by atoms with Gasteiger partial charge < -0.3 is 4.57 Å². The molecule has 6 heteroatoms. The van der Waals surface area contributed by atoms with Crippen LogP contribution < -0.4 is 0 Å². The Morgan fingerprint density at radius 2 is 2.11 bits per heavy atom. The Balaban J connectivity index is 2.38. The highest BCUT2D eigenvalue weighted by Crippen LogP contribution is 2.26. The quantitative estimate of drug-likeness (QED) is 0.798. The van der Waals surface area contributed by atoms with Gasteiger partial charge in [-0.25, -0.2) is 4.39 Å². The van der Waals surface area contributed by atoms with Crippen LogP contribution in [0.15, 0.2) is 29.4 Å². The Morgan fingerprint density at radius 1 is 1.39 bits per heavy atom. The van der Waals surface area contributed by atoms with Gasteiger partial charge in [0, 0.05) is 7.05 Å². The van der Waals surface area contributed by atoms with Gasteiger partial charge in [0.25, 0.3) is 0 Å². The molecule has 0 unspecified atom stereocenters. The van der Waals surface area contributed by atoms with Crippen LogP contribution in [0.2, 0.25) is 0 Å². The van der Waals surface area contributed by atoms with Crippen molar-refractivity contribution in [3.05, 3.63) is 30.1 Å². The SMILES string of the molecule is C[C@@H](C#N)Sc1nnc(-c2ccccc2F)n1C. The first kappa shape index (κ1) is 12.6. The third-order valence-corrected chi connectivity index (χ3v) is 3.44. The number of aromatic nitrogens is 3. The second kappa shape index (κ2) is 5.19. The van der Waals surface area contributed by atoms with Crippen LogP contribution in [0.1, 0.15) is 6.92 Å². The monoisotopic (exact) mass is 262 g/mol. The fourth-order valence-electron chi connectivity index (χ4n) is 1.48. The average molecular weight is 262 g/mol. The number of benzene rings is 1. The largest absolute Gasteiger partial charge is 0.305 e. The second-order valence-corrected chi connectivity index (χ2v) is 5.04. The summed E-state index contributed by atoms with van der Waals surface area (Å²) in [5.41, 5.74) is 0.406. The van der Waals surface area contributed by atoms with E-state index in [0.717, 1.165) is 0 Å². The summed E-state index contributed by atoms with van der Waals surface area (Å²) in [5.74, 6) is 0.124. The number of thioether (sulfide) groups is 1. The van der Waals surface area contributed by atoms with Gasteiger partial charge >= 0.3 is 0 Å². The Kier molecular flexibility index (Phi) is 3.63. The molecule has 0 radical (unpaired) electrons. The van der Waals surface area contributed by atoms with Crippen molar-refractivity contribution >= 4 is 11.8 Å². The van der Waals surface area contributed by atoms with E-state index in [1.54, 1.807) is 36.7 Å². The van der Waals surface area contributed by atoms with Crippen LogP contribution in [-0.4, -0.2) is 20.0 Å². The third kappa shape index (κ3) is 2.36. The molecule has 0 aliphatic carbocycles. The van der Waals surface area contributed by atoms with Crippen LogP contribution in [0.5, 0.6) is 0 Å². The van der Waals surface area contributed by atoms with E-state index in [0.29, 0.717) is 16.5 Å². The fraction of sp³-hybridized carbons (Fsp3) is 0.250. The Hall–Kier alpha value is -1.87. The molecule has 92 valence electrons. The molecule has 1 heterocycles. The van der Waals surface area contributed by atoms with Crippen molar-refractivity contribution in [1.82, 2.24) is 14.8 Å². The molecule has 0 saturated heterocycles. The smallest absolute Gasteiger partial charge is 0.192 e. The van der Waals surface area contributed by atoms with E-state index in [1.807, 2.05) is 0 Å². The highest BCUT2D eigenvalue weighted by molar-refractivity contribution is 8.00. The molecule has 2 rings (SSSR count). The predicted molar refractivity (Wildman–Crippen MR) is 67.3 cm³/mol. The summed E-state index contributed by atoms with van der Waals surface area (Å²) in [5, 5.41) is 17.1. The molecule has 0 bridgehead atoms. The van der Waals surface area contributed by atoms with Crippen LogP contribution in [0, 0.1) is 17.1 Å². The molecule has 2 aromatic rings. The summed E-state index contributed by atoms with van der Waals surface area (Å²) in [4.78, 5) is 0. The minimum absolute atomic E-state index is 0.221. The van der Waals surface area contributed by atoms with Crippen LogP contribution in [-0.2, 0) is 7.05 Å². The van der Waals surface area contributed by atoms with E-state index in [-0.39, 0.29) is 11.1 Å². The fourth-order valence-corrected chi connectivity index (χ4v) is 2.18. The lowest BCUT2D eigenvalue weighted by molar-refractivity contribution is 0.628. The maximum Gasteiger partial charge on any atom is 0.192 e. The molecule has 0 aliphatic rings. The minimum Gasteiger partial charge on any atom is -0.305 e. The van der Waals surface area contributed by atoms with Gasteiger partial charge in [-0.3, -0.25) is 0 Å². The highest BCUT2D eigenvalue weighted by Gasteiger charge is 2.15. The number of halogens is 1. The molecular weight excluding hydrogens is 251 g/mol. The molecule has 0 spiro atoms. The maximum absolute atomic E-state index is 13.7. The van der Waals surface area contributed by atoms with Crippen LogP contribution in [0.4, 0.5) is 4.39 Å². The Labute approximate surface area is 108 Å². The van der Waals surface area contributed by atoms with Gasteiger partial charge in [0.1, 0.15) is 5.82 Å². The molecule has 0 saturated carbocycles. The lowest BCUT2D eigenvalue weighted by Crippen LogP contribution is -1.99. The zero-order valence-corrected chi connectivity index (χ0v) is 10.8. The van der Waals surface area contributed by atoms with Crippen molar-refractivity contribution in [2.24, 2.45) is 7.05 Å². The topological polar surface area (TPSA) is 54.5 Å². The summed E-state index contributed by atoms with van der Waals surface area (Å²) in [6, 6.07) is 8.52. The highest BCUT2D eigenvalue weighted by atomic mass is 32.2. The molecule has 4 nitrogen and oxygen atoms in total. The number of rotatable bonds is 3. The van der Waals surface area contributed by atoms with E-state index >= 15 is 0 Å². The number of nitrogens with zero attached hydrogens (tertiary/aromatic N) is 4. The van der Waals surface area contributed by atoms with Crippen molar-refractivity contribution in [2.75, 3.05) is 0 Å². The van der Waals surface area contributed by atoms with E-state index in [9.17, 15) is 4.39 Å². The molecule has 1 atom stereocenters. The van der Waals surface area contributed by atoms with E-state index < -0.39 is 0 Å². The standard InChI is InChI=1S/C12H11FN4S/c1-8(7-14)18-12-16-15-11(17(12)2)9-5-3-4-6-10(9)13/h3-6,8H,1-2H3/t8-/m0/s1. The van der Waals surface area contributed by atoms with E-state index in [2.05, 4.69) is 16.3 Å². The normalized spacial score (nSPS) is 12.1. The summed E-state index contributed by atoms with van der Waals surface area (Å²) < 4.78 is 15.3. The van der Waals surface area contributed by atoms with Gasteiger partial charge in [0.05, 0.1) is 16.9 Å². The first-order valence-electron chi connectivity index (χ1n) is 5.34. The summed E-state index contributed by atoms with van der Waals surface area (Å²) in [6.07, 6.45) is 0. The van der Waals surface area contributed by atoms with Gasteiger partial charge in [-0.2, -0.15) is 5.26 Å². The maximum atomic E-state index is 13.7. The van der Waals surface area contributed by atoms with E-state index in [4.69, 9.17) is 5.26 Å². The lowest BCUT2D eigenvalue weighted by atomic mass is 10.2. The van der Waals surface area contributed by atoms with Gasteiger partial charge in [0.2, 0.25) is 0 Å². The van der Waals surface area contributed by atoms with Crippen LogP contribution >= 0.6 is 11.8 Å². The molecule has 1 aromatic heterocycles. The van der Waals surface area contributed by atoms with Gasteiger partial charge in [-0.05, 0) is 19.1 Å². The van der Waals surface area contributed by atoms with Crippen molar-refractivity contribution < 1.29 is 4.39 Å². The Bertz CT molecular complexity index is 602. The van der Waals surface area contributed by atoms with Crippen LogP contribution in [0.25, 0.3) is 11.4 Å². The van der Waals surface area contributed by atoms with Crippen molar-refractivity contribution in [1.29, 1.82) is 5.26 Å². The molecule has 0 aliphatic heterocycles. The number of hydrogen-bond acceptors (Lipinski definition) is 4. The predicted octanol–water partition coefficient (Wildman–Crippen LogP) is 2.63. The van der Waals surface area contributed by atoms with Crippen molar-refractivity contribution in [3.63, 3.8) is 0 Å². The molecule has 0 N–H and O–H groups in total. The third-order valence-electron chi connectivity index (χ3n) is 2.41. The first-order valence-corrected chi connectivity index (χ1v) is 6.22.